The zero-order valence-corrected chi connectivity index (χ0v) is 15.3. The second-order valence-corrected chi connectivity index (χ2v) is 5.97. The van der Waals surface area contributed by atoms with Gasteiger partial charge in [0.2, 0.25) is 5.76 Å². The predicted octanol–water partition coefficient (Wildman–Crippen LogP) is 6.78. The highest BCUT2D eigenvalue weighted by atomic mass is 19.4. The molecule has 1 amide bonds. The third-order valence-electron chi connectivity index (χ3n) is 3.64. The zero-order valence-electron chi connectivity index (χ0n) is 15.3. The number of azo groups is 1. The largest absolute Gasteiger partial charge is 0.503 e. The van der Waals surface area contributed by atoms with Crippen LogP contribution >= 0.6 is 0 Å². The first-order chi connectivity index (χ1) is 14.6. The lowest BCUT2D eigenvalue weighted by molar-refractivity contribution is -0.138. The van der Waals surface area contributed by atoms with Crippen LogP contribution in [0.3, 0.4) is 0 Å². The number of hydrogen-bond acceptors (Lipinski definition) is 4. The van der Waals surface area contributed by atoms with Crippen LogP contribution in [0.25, 0.3) is 0 Å². The number of nitrogens with one attached hydrogen (secondary N) is 1. The van der Waals surface area contributed by atoms with Gasteiger partial charge in [0.1, 0.15) is 0 Å². The summed E-state index contributed by atoms with van der Waals surface area (Å²) < 4.78 is 114. The van der Waals surface area contributed by atoms with E-state index in [-0.39, 0.29) is 11.4 Å². The van der Waals surface area contributed by atoms with E-state index in [1.165, 1.54) is 0 Å². The first-order valence-corrected chi connectivity index (χ1v) is 8.17. The molecular formula is C18H10F9N3O2. The maximum absolute atomic E-state index is 12.9. The van der Waals surface area contributed by atoms with Crippen molar-refractivity contribution in [1.82, 2.24) is 0 Å². The van der Waals surface area contributed by atoms with Crippen molar-refractivity contribution < 1.29 is 49.4 Å². The van der Waals surface area contributed by atoms with Gasteiger partial charge in [-0.05, 0) is 48.5 Å². The molecule has 0 aromatic heterocycles. The van der Waals surface area contributed by atoms with E-state index >= 15 is 0 Å². The molecule has 0 bridgehead atoms. The van der Waals surface area contributed by atoms with Gasteiger partial charge in [0.15, 0.2) is 5.70 Å². The number of benzene rings is 2. The number of nitrogens with zero attached hydrogens (tertiary/aromatic N) is 2. The molecule has 0 radical (unpaired) electrons. The Morgan fingerprint density at radius 3 is 1.59 bits per heavy atom. The normalized spacial score (nSPS) is 13.8. The van der Waals surface area contributed by atoms with Crippen molar-refractivity contribution >= 4 is 17.3 Å². The van der Waals surface area contributed by atoms with Crippen molar-refractivity contribution in [1.29, 1.82) is 0 Å². The van der Waals surface area contributed by atoms with Crippen molar-refractivity contribution in [2.45, 2.75) is 18.5 Å². The fourth-order valence-electron chi connectivity index (χ4n) is 2.09. The standard InChI is InChI=1S/C18H10F9N3O2/c19-16(20,21)9-1-5-11(6-2-9)28-15(32)13(14(31)18(25,26)27)30-29-12-7-3-10(4-8-12)17(22,23)24/h1-8,31H,(H,28,32)/b14-13-,30-29?. The molecule has 2 rings (SSSR count). The Labute approximate surface area is 172 Å². The molecule has 2 aromatic carbocycles. The molecule has 5 nitrogen and oxygen atoms in total. The molecule has 0 aliphatic heterocycles. The highest BCUT2D eigenvalue weighted by Crippen LogP contribution is 2.32. The van der Waals surface area contributed by atoms with Crippen molar-refractivity contribution in [2.75, 3.05) is 5.32 Å². The molecule has 0 heterocycles. The Bertz CT molecular complexity index is 1020. The van der Waals surface area contributed by atoms with E-state index in [1.807, 2.05) is 5.32 Å². The molecule has 0 atom stereocenters. The van der Waals surface area contributed by atoms with E-state index in [0.717, 1.165) is 24.3 Å². The van der Waals surface area contributed by atoms with Crippen LogP contribution in [0.1, 0.15) is 11.1 Å². The highest BCUT2D eigenvalue weighted by Gasteiger charge is 2.39. The van der Waals surface area contributed by atoms with E-state index in [2.05, 4.69) is 10.2 Å². The summed E-state index contributed by atoms with van der Waals surface area (Å²) in [7, 11) is 0. The number of carbonyl (C=O) groups is 1. The Hall–Kier alpha value is -3.58. The lowest BCUT2D eigenvalue weighted by Gasteiger charge is -2.11. The van der Waals surface area contributed by atoms with Crippen molar-refractivity contribution in [3.8, 4) is 0 Å². The number of amides is 1. The van der Waals surface area contributed by atoms with Gasteiger partial charge in [-0.3, -0.25) is 4.79 Å². The van der Waals surface area contributed by atoms with Gasteiger partial charge in [0, 0.05) is 5.69 Å². The maximum atomic E-state index is 12.9. The van der Waals surface area contributed by atoms with Crippen molar-refractivity contribution in [3.05, 3.63) is 71.1 Å². The first-order valence-electron chi connectivity index (χ1n) is 8.17. The van der Waals surface area contributed by atoms with E-state index in [1.54, 1.807) is 0 Å². The molecule has 172 valence electrons. The van der Waals surface area contributed by atoms with Crippen LogP contribution in [0.4, 0.5) is 50.9 Å². The molecule has 2 aromatic rings. The molecule has 14 heteroatoms. The quantitative estimate of drug-likeness (QED) is 0.223. The Morgan fingerprint density at radius 1 is 0.750 bits per heavy atom. The predicted molar refractivity (Wildman–Crippen MR) is 91.7 cm³/mol. The van der Waals surface area contributed by atoms with Gasteiger partial charge in [-0.15, -0.1) is 5.11 Å². The smallest absolute Gasteiger partial charge is 0.451 e. The lowest BCUT2D eigenvalue weighted by atomic mass is 10.2. The van der Waals surface area contributed by atoms with Crippen LogP contribution < -0.4 is 5.32 Å². The van der Waals surface area contributed by atoms with Gasteiger partial charge < -0.3 is 10.4 Å². The average Bonchev–Trinajstić information content (AvgIpc) is 2.66. The second-order valence-electron chi connectivity index (χ2n) is 5.97. The summed E-state index contributed by atoms with van der Waals surface area (Å²) in [6.45, 7) is 0. The van der Waals surface area contributed by atoms with Crippen LogP contribution in [0.5, 0.6) is 0 Å². The number of halogens is 9. The Kier molecular flexibility index (Phi) is 6.85. The molecule has 32 heavy (non-hydrogen) atoms. The molecule has 0 saturated heterocycles. The van der Waals surface area contributed by atoms with E-state index < -0.39 is 47.0 Å². The molecule has 0 fully saturated rings. The molecule has 0 aliphatic carbocycles. The minimum atomic E-state index is -5.45. The van der Waals surface area contributed by atoms with E-state index in [9.17, 15) is 49.4 Å². The number of aliphatic hydroxyl groups excluding tert-OH is 1. The summed E-state index contributed by atoms with van der Waals surface area (Å²) in [6, 6.07) is 5.21. The summed E-state index contributed by atoms with van der Waals surface area (Å²) in [6.07, 6.45) is -14.8. The van der Waals surface area contributed by atoms with Gasteiger partial charge in [-0.2, -0.15) is 44.6 Å². The van der Waals surface area contributed by atoms with Gasteiger partial charge in [0.05, 0.1) is 16.8 Å². The third-order valence-corrected chi connectivity index (χ3v) is 3.64. The summed E-state index contributed by atoms with van der Waals surface area (Å²) in [5.41, 5.74) is -4.58. The van der Waals surface area contributed by atoms with Crippen molar-refractivity contribution in [2.24, 2.45) is 10.2 Å². The molecule has 0 unspecified atom stereocenters. The number of carbonyl (C=O) groups excluding carboxylic acids is 1. The molecular weight excluding hydrogens is 461 g/mol. The van der Waals surface area contributed by atoms with Gasteiger partial charge in [-0.25, -0.2) is 0 Å². The number of aliphatic hydroxyl groups is 1. The number of hydrogen-bond donors (Lipinski definition) is 2. The third kappa shape index (κ3) is 6.46. The Balaban J connectivity index is 2.32. The summed E-state index contributed by atoms with van der Waals surface area (Å²) in [5.74, 6) is -4.16. The number of allylic oxidation sites excluding steroid dienone is 1. The van der Waals surface area contributed by atoms with Gasteiger partial charge in [0.25, 0.3) is 5.91 Å². The van der Waals surface area contributed by atoms with E-state index in [4.69, 9.17) is 0 Å². The number of anilines is 1. The van der Waals surface area contributed by atoms with E-state index in [0.29, 0.717) is 24.3 Å². The average molecular weight is 471 g/mol. The first kappa shape index (κ1) is 24.7. The van der Waals surface area contributed by atoms with Crippen LogP contribution in [-0.4, -0.2) is 17.2 Å². The fraction of sp³-hybridized carbons (Fsp3) is 0.167. The molecule has 0 saturated carbocycles. The molecule has 0 aliphatic rings. The van der Waals surface area contributed by atoms with Crippen LogP contribution in [0.15, 0.2) is 70.2 Å². The summed E-state index contributed by atoms with van der Waals surface area (Å²) in [5, 5.41) is 17.3. The summed E-state index contributed by atoms with van der Waals surface area (Å²) >= 11 is 0. The van der Waals surface area contributed by atoms with Crippen molar-refractivity contribution in [3.63, 3.8) is 0 Å². The molecule has 2 N–H and O–H groups in total. The number of alkyl halides is 9. The lowest BCUT2D eigenvalue weighted by Crippen LogP contribution is -2.21. The van der Waals surface area contributed by atoms with Gasteiger partial charge >= 0.3 is 18.5 Å². The Morgan fingerprint density at radius 2 is 1.19 bits per heavy atom. The number of rotatable bonds is 4. The monoisotopic (exact) mass is 471 g/mol. The minimum Gasteiger partial charge on any atom is -0.503 e. The van der Waals surface area contributed by atoms with Crippen LogP contribution in [0, 0.1) is 0 Å². The second kappa shape index (κ2) is 8.88. The van der Waals surface area contributed by atoms with Crippen LogP contribution in [-0.2, 0) is 17.1 Å². The topological polar surface area (TPSA) is 74.0 Å². The molecule has 0 spiro atoms. The van der Waals surface area contributed by atoms with Crippen LogP contribution in [0.2, 0.25) is 0 Å². The SMILES string of the molecule is O=C(Nc1ccc(C(F)(F)F)cc1)/C(N=Nc1ccc(C(F)(F)F)cc1)=C(/O)C(F)(F)F. The highest BCUT2D eigenvalue weighted by molar-refractivity contribution is 6.03. The van der Waals surface area contributed by atoms with Gasteiger partial charge in [-0.1, -0.05) is 0 Å². The fourth-order valence-corrected chi connectivity index (χ4v) is 2.09. The maximum Gasteiger partial charge on any atom is 0.451 e. The summed E-state index contributed by atoms with van der Waals surface area (Å²) in [4.78, 5) is 12.1. The zero-order chi connectivity index (χ0) is 24.3. The minimum absolute atomic E-state index is 0.361.